The SMILES string of the molecule is COc1c(Br)cc(CNC(C)Cc2cccs2)cc1Br. The van der Waals surface area contributed by atoms with Gasteiger partial charge in [0.2, 0.25) is 0 Å². The highest BCUT2D eigenvalue weighted by atomic mass is 79.9. The molecule has 1 aromatic carbocycles. The van der Waals surface area contributed by atoms with Gasteiger partial charge in [-0.05, 0) is 74.3 Å². The summed E-state index contributed by atoms with van der Waals surface area (Å²) in [7, 11) is 1.67. The molecule has 0 bridgehead atoms. The smallest absolute Gasteiger partial charge is 0.147 e. The highest BCUT2D eigenvalue weighted by molar-refractivity contribution is 9.11. The Morgan fingerprint density at radius 2 is 2.00 bits per heavy atom. The molecule has 20 heavy (non-hydrogen) atoms. The molecule has 1 atom stereocenters. The van der Waals surface area contributed by atoms with Crippen molar-refractivity contribution in [3.05, 3.63) is 49.0 Å². The van der Waals surface area contributed by atoms with Gasteiger partial charge < -0.3 is 10.1 Å². The fourth-order valence-corrected chi connectivity index (χ4v) is 4.44. The maximum absolute atomic E-state index is 5.31. The number of rotatable bonds is 6. The van der Waals surface area contributed by atoms with Gasteiger partial charge in [0.25, 0.3) is 0 Å². The van der Waals surface area contributed by atoms with Crippen LogP contribution in [0.15, 0.2) is 38.6 Å². The number of hydrogen-bond donors (Lipinski definition) is 1. The number of hydrogen-bond acceptors (Lipinski definition) is 3. The lowest BCUT2D eigenvalue weighted by Gasteiger charge is -2.14. The predicted molar refractivity (Wildman–Crippen MR) is 92.7 cm³/mol. The predicted octanol–water partition coefficient (Wildman–Crippen LogP) is 5.00. The van der Waals surface area contributed by atoms with E-state index < -0.39 is 0 Å². The summed E-state index contributed by atoms with van der Waals surface area (Å²) in [6.07, 6.45) is 1.07. The van der Waals surface area contributed by atoms with Crippen LogP contribution in [0.25, 0.3) is 0 Å². The molecule has 0 saturated heterocycles. The zero-order valence-electron chi connectivity index (χ0n) is 11.5. The van der Waals surface area contributed by atoms with Crippen LogP contribution in [0.3, 0.4) is 0 Å². The van der Waals surface area contributed by atoms with Gasteiger partial charge in [-0.25, -0.2) is 0 Å². The fraction of sp³-hybridized carbons (Fsp3) is 0.333. The Kier molecular flexibility index (Phi) is 6.08. The van der Waals surface area contributed by atoms with Gasteiger partial charge in [-0.15, -0.1) is 11.3 Å². The third kappa shape index (κ3) is 4.32. The van der Waals surface area contributed by atoms with E-state index in [-0.39, 0.29) is 0 Å². The van der Waals surface area contributed by atoms with E-state index in [2.05, 4.69) is 73.7 Å². The first-order valence-corrected chi connectivity index (χ1v) is 8.84. The van der Waals surface area contributed by atoms with E-state index in [9.17, 15) is 0 Å². The van der Waals surface area contributed by atoms with Crippen LogP contribution in [-0.2, 0) is 13.0 Å². The molecule has 0 aliphatic carbocycles. The topological polar surface area (TPSA) is 21.3 Å². The van der Waals surface area contributed by atoms with Gasteiger partial charge in [-0.3, -0.25) is 0 Å². The normalized spacial score (nSPS) is 12.4. The summed E-state index contributed by atoms with van der Waals surface area (Å²) >= 11 is 8.88. The van der Waals surface area contributed by atoms with Gasteiger partial charge in [0.1, 0.15) is 5.75 Å². The van der Waals surface area contributed by atoms with Crippen molar-refractivity contribution in [3.8, 4) is 5.75 Å². The highest BCUT2D eigenvalue weighted by Crippen LogP contribution is 2.34. The molecule has 0 aliphatic rings. The van der Waals surface area contributed by atoms with E-state index >= 15 is 0 Å². The summed E-state index contributed by atoms with van der Waals surface area (Å²) < 4.78 is 7.25. The van der Waals surface area contributed by atoms with Gasteiger partial charge in [-0.2, -0.15) is 0 Å². The minimum absolute atomic E-state index is 0.452. The average Bonchev–Trinajstić information content (AvgIpc) is 2.89. The standard InChI is InChI=1S/C15H17Br2NOS/c1-10(6-12-4-3-5-20-12)18-9-11-7-13(16)15(19-2)14(17)8-11/h3-5,7-8,10,18H,6,9H2,1-2H3. The van der Waals surface area contributed by atoms with E-state index in [1.165, 1.54) is 10.4 Å². The highest BCUT2D eigenvalue weighted by Gasteiger charge is 2.09. The second kappa shape index (κ2) is 7.59. The molecule has 1 unspecified atom stereocenters. The average molecular weight is 419 g/mol. The van der Waals surface area contributed by atoms with Crippen LogP contribution < -0.4 is 10.1 Å². The molecule has 0 fully saturated rings. The number of thiophene rings is 1. The Balaban J connectivity index is 1.93. The molecule has 1 aromatic heterocycles. The first-order valence-electron chi connectivity index (χ1n) is 6.38. The summed E-state index contributed by atoms with van der Waals surface area (Å²) in [6.45, 7) is 3.06. The van der Waals surface area contributed by atoms with Crippen LogP contribution in [0.1, 0.15) is 17.4 Å². The van der Waals surface area contributed by atoms with Crippen LogP contribution >= 0.6 is 43.2 Å². The first-order chi connectivity index (χ1) is 9.60. The van der Waals surface area contributed by atoms with Crippen molar-refractivity contribution in [2.24, 2.45) is 0 Å². The molecule has 0 saturated carbocycles. The van der Waals surface area contributed by atoms with Gasteiger partial charge in [0.05, 0.1) is 16.1 Å². The third-order valence-corrected chi connectivity index (χ3v) is 5.08. The van der Waals surface area contributed by atoms with Gasteiger partial charge in [0, 0.05) is 17.5 Å². The van der Waals surface area contributed by atoms with Crippen LogP contribution in [0.2, 0.25) is 0 Å². The Morgan fingerprint density at radius 1 is 1.30 bits per heavy atom. The Hall–Kier alpha value is -0.360. The lowest BCUT2D eigenvalue weighted by atomic mass is 10.1. The zero-order valence-corrected chi connectivity index (χ0v) is 15.4. The van der Waals surface area contributed by atoms with Crippen molar-refractivity contribution in [1.82, 2.24) is 5.32 Å². The lowest BCUT2D eigenvalue weighted by molar-refractivity contribution is 0.409. The first kappa shape index (κ1) is 16.0. The maximum Gasteiger partial charge on any atom is 0.147 e. The number of benzene rings is 1. The van der Waals surface area contributed by atoms with Gasteiger partial charge in [-0.1, -0.05) is 6.07 Å². The molecule has 0 radical (unpaired) electrons. The quantitative estimate of drug-likeness (QED) is 0.712. The number of nitrogens with one attached hydrogen (secondary N) is 1. The maximum atomic E-state index is 5.31. The molecule has 1 heterocycles. The molecule has 0 spiro atoms. The summed E-state index contributed by atoms with van der Waals surface area (Å²) in [6, 6.07) is 8.92. The van der Waals surface area contributed by atoms with Crippen LogP contribution in [-0.4, -0.2) is 13.2 Å². The number of methoxy groups -OCH3 is 1. The van der Waals surface area contributed by atoms with E-state index in [1.54, 1.807) is 7.11 Å². The second-order valence-electron chi connectivity index (χ2n) is 4.66. The van der Waals surface area contributed by atoms with Crippen LogP contribution in [0.5, 0.6) is 5.75 Å². The fourth-order valence-electron chi connectivity index (χ4n) is 2.00. The van der Waals surface area contributed by atoms with Crippen molar-refractivity contribution < 1.29 is 4.74 Å². The van der Waals surface area contributed by atoms with Crippen molar-refractivity contribution in [3.63, 3.8) is 0 Å². The largest absolute Gasteiger partial charge is 0.494 e. The lowest BCUT2D eigenvalue weighted by Crippen LogP contribution is -2.27. The number of halogens is 2. The Bertz CT molecular complexity index is 534. The molecule has 2 nitrogen and oxygen atoms in total. The minimum Gasteiger partial charge on any atom is -0.494 e. The molecular formula is C15H17Br2NOS. The summed E-state index contributed by atoms with van der Waals surface area (Å²) in [4.78, 5) is 1.42. The monoisotopic (exact) mass is 417 g/mol. The van der Waals surface area contributed by atoms with Crippen molar-refractivity contribution in [2.75, 3.05) is 7.11 Å². The van der Waals surface area contributed by atoms with Crippen LogP contribution in [0, 0.1) is 0 Å². The molecule has 5 heteroatoms. The zero-order chi connectivity index (χ0) is 14.5. The van der Waals surface area contributed by atoms with Gasteiger partial charge in [0.15, 0.2) is 0 Å². The molecule has 2 aromatic rings. The van der Waals surface area contributed by atoms with E-state index in [0.717, 1.165) is 27.7 Å². The molecule has 108 valence electrons. The summed E-state index contributed by atoms with van der Waals surface area (Å²) in [5.74, 6) is 0.834. The van der Waals surface area contributed by atoms with E-state index in [1.807, 2.05) is 11.3 Å². The minimum atomic E-state index is 0.452. The molecule has 0 aliphatic heterocycles. The van der Waals surface area contributed by atoms with Crippen molar-refractivity contribution in [1.29, 1.82) is 0 Å². The molecule has 1 N–H and O–H groups in total. The summed E-state index contributed by atoms with van der Waals surface area (Å²) in [5.41, 5.74) is 1.22. The van der Waals surface area contributed by atoms with E-state index in [4.69, 9.17) is 4.74 Å². The molecular weight excluding hydrogens is 402 g/mol. The second-order valence-corrected chi connectivity index (χ2v) is 7.40. The van der Waals surface area contributed by atoms with E-state index in [0.29, 0.717) is 6.04 Å². The molecule has 0 amide bonds. The third-order valence-electron chi connectivity index (χ3n) is 3.00. The number of ether oxygens (including phenoxy) is 1. The van der Waals surface area contributed by atoms with Crippen LogP contribution in [0.4, 0.5) is 0 Å². The van der Waals surface area contributed by atoms with Crippen molar-refractivity contribution in [2.45, 2.75) is 25.9 Å². The Labute approximate surface area is 140 Å². The molecule has 2 rings (SSSR count). The van der Waals surface area contributed by atoms with Crippen molar-refractivity contribution >= 4 is 43.2 Å². The van der Waals surface area contributed by atoms with Gasteiger partial charge >= 0.3 is 0 Å². The Morgan fingerprint density at radius 3 is 2.55 bits per heavy atom. The summed E-state index contributed by atoms with van der Waals surface area (Å²) in [5, 5.41) is 5.68.